The third kappa shape index (κ3) is 5.54. The summed E-state index contributed by atoms with van der Waals surface area (Å²) in [4.78, 5) is 36.6. The number of carbonyl (C=O) groups excluding carboxylic acids is 2. The normalized spacial score (nSPS) is 10.2. The number of nitro benzene ring substituents is 1. The summed E-state index contributed by atoms with van der Waals surface area (Å²) in [5.41, 5.74) is 0.613. The monoisotopic (exact) mass is 386 g/mol. The summed E-state index contributed by atoms with van der Waals surface area (Å²) in [6, 6.07) is 13.2. The van der Waals surface area contributed by atoms with E-state index in [-0.39, 0.29) is 29.5 Å². The second-order valence-electron chi connectivity index (χ2n) is 5.84. The molecule has 0 fully saturated rings. The van der Waals surface area contributed by atoms with Crippen molar-refractivity contribution in [1.29, 1.82) is 0 Å². The van der Waals surface area contributed by atoms with Crippen molar-refractivity contribution in [2.24, 2.45) is 0 Å². The van der Waals surface area contributed by atoms with Gasteiger partial charge in [-0.2, -0.15) is 0 Å². The lowest BCUT2D eigenvalue weighted by Gasteiger charge is -2.20. The van der Waals surface area contributed by atoms with Crippen LogP contribution in [0.15, 0.2) is 48.5 Å². The molecule has 0 radical (unpaired) electrons. The molecule has 28 heavy (non-hydrogen) atoms. The van der Waals surface area contributed by atoms with Crippen molar-refractivity contribution < 1.29 is 24.0 Å². The SMILES string of the molecule is CCOc1ccc(C(=O)OCC(=O)N(CC)Cc2ccccc2)cc1[N+](=O)[O-]. The Labute approximate surface area is 162 Å². The molecule has 0 N–H and O–H groups in total. The topological polar surface area (TPSA) is 99.0 Å². The van der Waals surface area contributed by atoms with E-state index in [1.165, 1.54) is 12.1 Å². The Kier molecular flexibility index (Phi) is 7.50. The maximum absolute atomic E-state index is 12.3. The molecular weight excluding hydrogens is 364 g/mol. The predicted molar refractivity (Wildman–Crippen MR) is 102 cm³/mol. The molecular formula is C20H22N2O6. The maximum Gasteiger partial charge on any atom is 0.338 e. The first-order chi connectivity index (χ1) is 13.5. The number of ether oxygens (including phenoxy) is 2. The third-order valence-electron chi connectivity index (χ3n) is 3.97. The van der Waals surface area contributed by atoms with Crippen molar-refractivity contribution in [3.8, 4) is 5.75 Å². The average molecular weight is 386 g/mol. The van der Waals surface area contributed by atoms with Gasteiger partial charge in [0.1, 0.15) is 0 Å². The van der Waals surface area contributed by atoms with Crippen LogP contribution >= 0.6 is 0 Å². The van der Waals surface area contributed by atoms with E-state index >= 15 is 0 Å². The fourth-order valence-corrected chi connectivity index (χ4v) is 2.55. The van der Waals surface area contributed by atoms with Crippen LogP contribution in [0.1, 0.15) is 29.8 Å². The summed E-state index contributed by atoms with van der Waals surface area (Å²) in [7, 11) is 0. The van der Waals surface area contributed by atoms with Crippen molar-refractivity contribution in [1.82, 2.24) is 4.90 Å². The minimum Gasteiger partial charge on any atom is -0.487 e. The molecule has 148 valence electrons. The molecule has 0 bridgehead atoms. The zero-order valence-corrected chi connectivity index (χ0v) is 15.8. The number of benzene rings is 2. The second kappa shape index (κ2) is 10.1. The van der Waals surface area contributed by atoms with E-state index in [1.807, 2.05) is 37.3 Å². The van der Waals surface area contributed by atoms with Crippen molar-refractivity contribution >= 4 is 17.6 Å². The van der Waals surface area contributed by atoms with Crippen LogP contribution in [0.4, 0.5) is 5.69 Å². The summed E-state index contributed by atoms with van der Waals surface area (Å²) >= 11 is 0. The van der Waals surface area contributed by atoms with Crippen LogP contribution in [0.25, 0.3) is 0 Å². The van der Waals surface area contributed by atoms with E-state index in [1.54, 1.807) is 11.8 Å². The Balaban J connectivity index is 2.01. The Bertz CT molecular complexity index is 838. The lowest BCUT2D eigenvalue weighted by atomic mass is 10.2. The largest absolute Gasteiger partial charge is 0.487 e. The lowest BCUT2D eigenvalue weighted by molar-refractivity contribution is -0.385. The molecule has 8 nitrogen and oxygen atoms in total. The summed E-state index contributed by atoms with van der Waals surface area (Å²) in [5.74, 6) is -1.09. The molecule has 2 rings (SSSR count). The Morgan fingerprint density at radius 3 is 2.43 bits per heavy atom. The molecule has 0 saturated carbocycles. The van der Waals surface area contributed by atoms with Crippen molar-refractivity contribution in [3.63, 3.8) is 0 Å². The van der Waals surface area contributed by atoms with E-state index in [0.717, 1.165) is 11.6 Å². The first-order valence-electron chi connectivity index (χ1n) is 8.86. The van der Waals surface area contributed by atoms with Gasteiger partial charge < -0.3 is 14.4 Å². The molecule has 2 aromatic carbocycles. The molecule has 1 amide bonds. The molecule has 0 aromatic heterocycles. The molecule has 0 aliphatic heterocycles. The minimum atomic E-state index is -0.810. The van der Waals surface area contributed by atoms with Gasteiger partial charge >= 0.3 is 11.7 Å². The van der Waals surface area contributed by atoms with Crippen molar-refractivity contribution in [2.75, 3.05) is 19.8 Å². The number of hydrogen-bond acceptors (Lipinski definition) is 6. The Morgan fingerprint density at radius 2 is 1.82 bits per heavy atom. The van der Waals surface area contributed by atoms with Crippen LogP contribution in [0.2, 0.25) is 0 Å². The van der Waals surface area contributed by atoms with Crippen molar-refractivity contribution in [2.45, 2.75) is 20.4 Å². The lowest BCUT2D eigenvalue weighted by Crippen LogP contribution is -2.34. The molecule has 0 heterocycles. The number of amides is 1. The van der Waals surface area contributed by atoms with Gasteiger partial charge in [-0.25, -0.2) is 4.79 Å². The van der Waals surface area contributed by atoms with Gasteiger partial charge in [-0.05, 0) is 31.5 Å². The Hall–Kier alpha value is -3.42. The van der Waals surface area contributed by atoms with E-state index < -0.39 is 17.5 Å². The number of hydrogen-bond donors (Lipinski definition) is 0. The zero-order chi connectivity index (χ0) is 20.5. The average Bonchev–Trinajstić information content (AvgIpc) is 2.71. The second-order valence-corrected chi connectivity index (χ2v) is 5.84. The van der Waals surface area contributed by atoms with Crippen LogP contribution < -0.4 is 4.74 Å². The molecule has 0 spiro atoms. The number of nitrogens with zero attached hydrogens (tertiary/aromatic N) is 2. The van der Waals surface area contributed by atoms with Gasteiger partial charge in [-0.3, -0.25) is 14.9 Å². The maximum atomic E-state index is 12.3. The summed E-state index contributed by atoms with van der Waals surface area (Å²) in [6.45, 7) is 4.21. The molecule has 0 atom stereocenters. The number of likely N-dealkylation sites (N-methyl/N-ethyl adjacent to an activating group) is 1. The number of nitro groups is 1. The van der Waals surface area contributed by atoms with Gasteiger partial charge in [0, 0.05) is 19.2 Å². The quantitative estimate of drug-likeness (QED) is 0.373. The van der Waals surface area contributed by atoms with Crippen LogP contribution in [0, 0.1) is 10.1 Å². The fourth-order valence-electron chi connectivity index (χ4n) is 2.55. The van der Waals surface area contributed by atoms with Gasteiger partial charge in [0.15, 0.2) is 12.4 Å². The third-order valence-corrected chi connectivity index (χ3v) is 3.97. The summed E-state index contributed by atoms with van der Waals surface area (Å²) in [5, 5.41) is 11.2. The standard InChI is InChI=1S/C20H22N2O6/c1-3-21(13-15-8-6-5-7-9-15)19(23)14-28-20(24)16-10-11-18(27-4-2)17(12-16)22(25)26/h5-12H,3-4,13-14H2,1-2H3. The van der Waals surface area contributed by atoms with Crippen LogP contribution in [-0.4, -0.2) is 41.5 Å². The summed E-state index contributed by atoms with van der Waals surface area (Å²) < 4.78 is 10.2. The number of carbonyl (C=O) groups is 2. The van der Waals surface area contributed by atoms with Gasteiger partial charge in [-0.15, -0.1) is 0 Å². The van der Waals surface area contributed by atoms with Gasteiger partial charge in [0.25, 0.3) is 5.91 Å². The fraction of sp³-hybridized carbons (Fsp3) is 0.300. The number of rotatable bonds is 9. The molecule has 8 heteroatoms. The van der Waals surface area contributed by atoms with Gasteiger partial charge in [0.05, 0.1) is 17.1 Å². The number of esters is 1. The molecule has 0 saturated heterocycles. The molecule has 0 unspecified atom stereocenters. The highest BCUT2D eigenvalue weighted by atomic mass is 16.6. The summed E-state index contributed by atoms with van der Waals surface area (Å²) in [6.07, 6.45) is 0. The smallest absolute Gasteiger partial charge is 0.338 e. The van der Waals surface area contributed by atoms with Crippen molar-refractivity contribution in [3.05, 3.63) is 69.8 Å². The van der Waals surface area contributed by atoms with E-state index in [0.29, 0.717) is 13.1 Å². The van der Waals surface area contributed by atoms with E-state index in [2.05, 4.69) is 0 Å². The first-order valence-corrected chi connectivity index (χ1v) is 8.86. The van der Waals surface area contributed by atoms with Gasteiger partial charge in [-0.1, -0.05) is 30.3 Å². The highest BCUT2D eigenvalue weighted by molar-refractivity contribution is 5.92. The highest BCUT2D eigenvalue weighted by Gasteiger charge is 2.21. The molecule has 0 aliphatic rings. The van der Waals surface area contributed by atoms with Gasteiger partial charge in [0.2, 0.25) is 0 Å². The highest BCUT2D eigenvalue weighted by Crippen LogP contribution is 2.28. The van der Waals surface area contributed by atoms with E-state index in [9.17, 15) is 19.7 Å². The zero-order valence-electron chi connectivity index (χ0n) is 15.8. The van der Waals surface area contributed by atoms with Crippen LogP contribution in [0.3, 0.4) is 0 Å². The molecule has 0 aliphatic carbocycles. The van der Waals surface area contributed by atoms with E-state index in [4.69, 9.17) is 9.47 Å². The van der Waals surface area contributed by atoms with Crippen LogP contribution in [0.5, 0.6) is 5.75 Å². The predicted octanol–water partition coefficient (Wildman–Crippen LogP) is 3.20. The Morgan fingerprint density at radius 1 is 1.11 bits per heavy atom. The first kappa shape index (κ1) is 20.9. The van der Waals surface area contributed by atoms with Crippen LogP contribution in [-0.2, 0) is 16.1 Å². The minimum absolute atomic E-state index is 0.0194. The molecule has 2 aromatic rings.